The molecule has 0 aliphatic carbocycles. The lowest BCUT2D eigenvalue weighted by Crippen LogP contribution is -2.11. The van der Waals surface area contributed by atoms with Crippen molar-refractivity contribution in [2.75, 3.05) is 0 Å². The lowest BCUT2D eigenvalue weighted by Gasteiger charge is -2.04. The van der Waals surface area contributed by atoms with E-state index in [0.29, 0.717) is 10.9 Å². The van der Waals surface area contributed by atoms with Gasteiger partial charge in [0.15, 0.2) is 0 Å². The monoisotopic (exact) mass is 214 g/mol. The molecular formula is C9H7F3N3-. The SMILES string of the molecule is [NH-]n1cc(CC(F)(F)F)c2cnccc21. The van der Waals surface area contributed by atoms with Crippen LogP contribution in [0.25, 0.3) is 16.7 Å². The lowest BCUT2D eigenvalue weighted by molar-refractivity contribution is -0.127. The lowest BCUT2D eigenvalue weighted by atomic mass is 10.1. The Morgan fingerprint density at radius 2 is 2.13 bits per heavy atom. The molecule has 0 bridgehead atoms. The molecule has 6 heteroatoms. The molecule has 0 unspecified atom stereocenters. The number of rotatable bonds is 1. The summed E-state index contributed by atoms with van der Waals surface area (Å²) in [5.74, 6) is 7.41. The molecule has 0 fully saturated rings. The quantitative estimate of drug-likeness (QED) is 0.719. The minimum atomic E-state index is -4.26. The van der Waals surface area contributed by atoms with Crippen LogP contribution in [-0.2, 0) is 6.42 Å². The molecular weight excluding hydrogens is 207 g/mol. The standard InChI is InChI=1S/C9H7F3N3/c10-9(11,12)3-6-5-15(13)8-1-2-14-4-7(6)8/h1-2,4-5,13H,3H2/q-1. The van der Waals surface area contributed by atoms with Gasteiger partial charge in [0.05, 0.1) is 6.42 Å². The van der Waals surface area contributed by atoms with Crippen LogP contribution in [0.2, 0.25) is 0 Å². The zero-order chi connectivity index (χ0) is 11.1. The average Bonchev–Trinajstić information content (AvgIpc) is 2.42. The summed E-state index contributed by atoms with van der Waals surface area (Å²) in [6.07, 6.45) is -1.32. The van der Waals surface area contributed by atoms with Gasteiger partial charge in [-0.05, 0) is 17.8 Å². The van der Waals surface area contributed by atoms with E-state index in [-0.39, 0.29) is 5.56 Å². The van der Waals surface area contributed by atoms with Crippen LogP contribution in [0, 0.1) is 0 Å². The maximum Gasteiger partial charge on any atom is 0.393 e. The van der Waals surface area contributed by atoms with Crippen molar-refractivity contribution in [3.8, 4) is 0 Å². The largest absolute Gasteiger partial charge is 0.631 e. The van der Waals surface area contributed by atoms with Crippen LogP contribution in [0.15, 0.2) is 24.7 Å². The van der Waals surface area contributed by atoms with Crippen LogP contribution in [0.5, 0.6) is 0 Å². The van der Waals surface area contributed by atoms with E-state index in [0.717, 1.165) is 4.68 Å². The van der Waals surface area contributed by atoms with Gasteiger partial charge in [0.25, 0.3) is 0 Å². The fraction of sp³-hybridized carbons (Fsp3) is 0.222. The maximum absolute atomic E-state index is 12.2. The van der Waals surface area contributed by atoms with Crippen LogP contribution in [0.4, 0.5) is 13.2 Å². The van der Waals surface area contributed by atoms with E-state index in [1.807, 2.05) is 0 Å². The number of fused-ring (bicyclic) bond motifs is 1. The minimum Gasteiger partial charge on any atom is -0.631 e. The second-order valence-corrected chi connectivity index (χ2v) is 3.21. The second kappa shape index (κ2) is 3.15. The molecule has 3 nitrogen and oxygen atoms in total. The molecule has 0 aromatic carbocycles. The van der Waals surface area contributed by atoms with E-state index in [9.17, 15) is 13.2 Å². The van der Waals surface area contributed by atoms with Crippen molar-refractivity contribution in [3.05, 3.63) is 36.1 Å². The molecule has 0 saturated carbocycles. The van der Waals surface area contributed by atoms with Crippen molar-refractivity contribution >= 4 is 10.9 Å². The molecule has 0 atom stereocenters. The number of nitrogens with one attached hydrogen (secondary N) is 1. The first kappa shape index (κ1) is 9.82. The van der Waals surface area contributed by atoms with Gasteiger partial charge >= 0.3 is 6.18 Å². The van der Waals surface area contributed by atoms with Gasteiger partial charge < -0.3 is 10.5 Å². The highest BCUT2D eigenvalue weighted by Crippen LogP contribution is 2.27. The van der Waals surface area contributed by atoms with Gasteiger partial charge in [-0.25, -0.2) is 0 Å². The Morgan fingerprint density at radius 1 is 1.40 bits per heavy atom. The molecule has 0 saturated heterocycles. The summed E-state index contributed by atoms with van der Waals surface area (Å²) in [7, 11) is 0. The molecule has 2 aromatic heterocycles. The molecule has 0 radical (unpaired) electrons. The smallest absolute Gasteiger partial charge is 0.393 e. The third kappa shape index (κ3) is 1.88. The van der Waals surface area contributed by atoms with E-state index in [1.54, 1.807) is 0 Å². The molecule has 1 N–H and O–H groups in total. The van der Waals surface area contributed by atoms with E-state index < -0.39 is 12.6 Å². The fourth-order valence-corrected chi connectivity index (χ4v) is 1.50. The van der Waals surface area contributed by atoms with Gasteiger partial charge in [-0.15, -0.1) is 0 Å². The number of hydrogen-bond acceptors (Lipinski definition) is 1. The van der Waals surface area contributed by atoms with Gasteiger partial charge in [0.2, 0.25) is 0 Å². The highest BCUT2D eigenvalue weighted by Gasteiger charge is 2.29. The molecule has 2 rings (SSSR count). The third-order valence-electron chi connectivity index (χ3n) is 2.08. The first-order valence-corrected chi connectivity index (χ1v) is 4.20. The van der Waals surface area contributed by atoms with E-state index in [2.05, 4.69) is 4.98 Å². The van der Waals surface area contributed by atoms with E-state index in [4.69, 9.17) is 5.84 Å². The van der Waals surface area contributed by atoms with Crippen LogP contribution >= 0.6 is 0 Å². The number of halogens is 3. The number of hydrogen-bond donors (Lipinski definition) is 0. The predicted octanol–water partition coefficient (Wildman–Crippen LogP) is 2.96. The highest BCUT2D eigenvalue weighted by atomic mass is 19.4. The Balaban J connectivity index is 2.53. The van der Waals surface area contributed by atoms with Crippen molar-refractivity contribution < 1.29 is 13.2 Å². The molecule has 0 spiro atoms. The summed E-state index contributed by atoms with van der Waals surface area (Å²) in [6.45, 7) is 0. The normalized spacial score (nSPS) is 12.2. The minimum absolute atomic E-state index is 0.0839. The number of alkyl halides is 3. The Morgan fingerprint density at radius 3 is 2.80 bits per heavy atom. The zero-order valence-corrected chi connectivity index (χ0v) is 7.54. The Bertz CT molecular complexity index is 487. The average molecular weight is 214 g/mol. The van der Waals surface area contributed by atoms with Crippen molar-refractivity contribution in [2.24, 2.45) is 0 Å². The zero-order valence-electron chi connectivity index (χ0n) is 7.54. The van der Waals surface area contributed by atoms with Crippen LogP contribution in [0.1, 0.15) is 5.56 Å². The van der Waals surface area contributed by atoms with Crippen LogP contribution < -0.4 is 0 Å². The van der Waals surface area contributed by atoms with Gasteiger partial charge in [0, 0.05) is 23.3 Å². The molecule has 15 heavy (non-hydrogen) atoms. The molecule has 0 aliphatic heterocycles. The highest BCUT2D eigenvalue weighted by molar-refractivity contribution is 5.83. The fourth-order valence-electron chi connectivity index (χ4n) is 1.50. The number of nitrogens with zero attached hydrogens (tertiary/aromatic N) is 2. The number of aromatic nitrogens is 2. The van der Waals surface area contributed by atoms with Crippen molar-refractivity contribution in [2.45, 2.75) is 12.6 Å². The Hall–Kier alpha value is -1.72. The van der Waals surface area contributed by atoms with Gasteiger partial charge in [-0.3, -0.25) is 4.98 Å². The summed E-state index contributed by atoms with van der Waals surface area (Å²) < 4.78 is 37.5. The van der Waals surface area contributed by atoms with Gasteiger partial charge in [0.1, 0.15) is 0 Å². The van der Waals surface area contributed by atoms with Crippen molar-refractivity contribution in [1.82, 2.24) is 9.66 Å². The first-order valence-electron chi connectivity index (χ1n) is 4.20. The molecule has 2 aromatic rings. The van der Waals surface area contributed by atoms with Gasteiger partial charge in [-0.2, -0.15) is 13.2 Å². The summed E-state index contributed by atoms with van der Waals surface area (Å²) in [6, 6.07) is 1.52. The first-order chi connectivity index (χ1) is 6.97. The summed E-state index contributed by atoms with van der Waals surface area (Å²) >= 11 is 0. The maximum atomic E-state index is 12.2. The third-order valence-corrected chi connectivity index (χ3v) is 2.08. The second-order valence-electron chi connectivity index (χ2n) is 3.21. The Labute approximate surface area is 83.3 Å². The summed E-state index contributed by atoms with van der Waals surface area (Å²) in [5, 5.41) is 0.379. The van der Waals surface area contributed by atoms with E-state index >= 15 is 0 Å². The van der Waals surface area contributed by atoms with Gasteiger partial charge in [-0.1, -0.05) is 0 Å². The number of pyridine rings is 1. The molecule has 0 amide bonds. The predicted molar refractivity (Wildman–Crippen MR) is 49.2 cm³/mol. The topological polar surface area (TPSA) is 41.6 Å². The summed E-state index contributed by atoms with van der Waals surface area (Å²) in [5.41, 5.74) is 0.518. The molecule has 80 valence electrons. The van der Waals surface area contributed by atoms with Crippen molar-refractivity contribution in [3.63, 3.8) is 0 Å². The Kier molecular flexibility index (Phi) is 2.06. The van der Waals surface area contributed by atoms with Crippen LogP contribution in [0.3, 0.4) is 0 Å². The van der Waals surface area contributed by atoms with Crippen LogP contribution in [-0.4, -0.2) is 15.8 Å². The molecule has 2 heterocycles. The molecule has 0 aliphatic rings. The summed E-state index contributed by atoms with van der Waals surface area (Å²) in [4.78, 5) is 3.75. The van der Waals surface area contributed by atoms with E-state index in [1.165, 1.54) is 24.7 Å². The van der Waals surface area contributed by atoms with Crippen molar-refractivity contribution in [1.29, 1.82) is 0 Å².